The van der Waals surface area contributed by atoms with Gasteiger partial charge in [0, 0.05) is 23.3 Å². The largest absolute Gasteiger partial charge is 0.331 e. The van der Waals surface area contributed by atoms with Crippen molar-refractivity contribution in [2.24, 2.45) is 11.7 Å². The predicted molar refractivity (Wildman–Crippen MR) is 102 cm³/mol. The number of rotatable bonds is 5. The number of pyridine rings is 2. The number of aryl methyl sites for hydroxylation is 2. The number of carbonyl (C=O) groups excluding carboxylic acids is 1. The highest BCUT2D eigenvalue weighted by molar-refractivity contribution is 5.79. The summed E-state index contributed by atoms with van der Waals surface area (Å²) in [6.45, 7) is 4.94. The number of hydrogen-bond donors (Lipinski definition) is 1. The van der Waals surface area contributed by atoms with Crippen molar-refractivity contribution in [2.45, 2.75) is 58.7 Å². The maximum atomic E-state index is 13.2. The van der Waals surface area contributed by atoms with Crippen LogP contribution in [-0.2, 0) is 17.9 Å². The van der Waals surface area contributed by atoms with Crippen LogP contribution < -0.4 is 5.73 Å². The van der Waals surface area contributed by atoms with Crippen LogP contribution in [0, 0.1) is 19.8 Å². The van der Waals surface area contributed by atoms with E-state index in [2.05, 4.69) is 9.97 Å². The molecule has 2 atom stereocenters. The van der Waals surface area contributed by atoms with E-state index in [4.69, 9.17) is 5.73 Å². The third-order valence-electron chi connectivity index (χ3n) is 4.97. The van der Waals surface area contributed by atoms with Crippen LogP contribution in [0.5, 0.6) is 0 Å². The number of carbonyl (C=O) groups is 1. The number of aromatic nitrogens is 2. The monoisotopic (exact) mass is 352 g/mol. The molecule has 2 unspecified atom stereocenters. The Morgan fingerprint density at radius 3 is 2.12 bits per heavy atom. The molecule has 0 radical (unpaired) electrons. The van der Waals surface area contributed by atoms with Crippen LogP contribution in [-0.4, -0.2) is 26.8 Å². The van der Waals surface area contributed by atoms with Crippen molar-refractivity contribution in [1.29, 1.82) is 0 Å². The van der Waals surface area contributed by atoms with Gasteiger partial charge in [-0.2, -0.15) is 0 Å². The van der Waals surface area contributed by atoms with Gasteiger partial charge in [-0.1, -0.05) is 18.6 Å². The minimum atomic E-state index is 0.00775. The van der Waals surface area contributed by atoms with E-state index < -0.39 is 0 Å². The van der Waals surface area contributed by atoms with Gasteiger partial charge in [-0.15, -0.1) is 0 Å². The molecule has 1 aliphatic rings. The van der Waals surface area contributed by atoms with Crippen LogP contribution in [0.3, 0.4) is 0 Å². The Hall–Kier alpha value is -2.27. The molecule has 2 aromatic heterocycles. The first-order chi connectivity index (χ1) is 12.5. The Morgan fingerprint density at radius 2 is 1.62 bits per heavy atom. The predicted octanol–water partition coefficient (Wildman–Crippen LogP) is 3.14. The quantitative estimate of drug-likeness (QED) is 0.897. The molecule has 0 saturated heterocycles. The summed E-state index contributed by atoms with van der Waals surface area (Å²) in [5.41, 5.74) is 9.85. The first kappa shape index (κ1) is 18.5. The fourth-order valence-corrected chi connectivity index (χ4v) is 3.69. The fourth-order valence-electron chi connectivity index (χ4n) is 3.69. The average molecular weight is 352 g/mol. The van der Waals surface area contributed by atoms with E-state index >= 15 is 0 Å². The van der Waals surface area contributed by atoms with Crippen molar-refractivity contribution < 1.29 is 4.79 Å². The van der Waals surface area contributed by atoms with Gasteiger partial charge in [0.15, 0.2) is 0 Å². The van der Waals surface area contributed by atoms with Gasteiger partial charge in [-0.05, 0) is 57.4 Å². The summed E-state index contributed by atoms with van der Waals surface area (Å²) in [5, 5.41) is 0. The van der Waals surface area contributed by atoms with Gasteiger partial charge in [-0.25, -0.2) is 0 Å². The zero-order valence-corrected chi connectivity index (χ0v) is 15.7. The van der Waals surface area contributed by atoms with E-state index in [0.29, 0.717) is 13.1 Å². The van der Waals surface area contributed by atoms with Crippen molar-refractivity contribution in [3.8, 4) is 0 Å². The molecule has 0 bridgehead atoms. The Bertz CT molecular complexity index is 714. The van der Waals surface area contributed by atoms with Gasteiger partial charge < -0.3 is 10.6 Å². The van der Waals surface area contributed by atoms with E-state index in [1.54, 1.807) is 0 Å². The molecule has 2 aromatic rings. The zero-order valence-electron chi connectivity index (χ0n) is 15.7. The molecule has 5 heteroatoms. The van der Waals surface area contributed by atoms with Crippen LogP contribution in [0.1, 0.15) is 48.5 Å². The summed E-state index contributed by atoms with van der Waals surface area (Å²) in [4.78, 5) is 24.3. The third kappa shape index (κ3) is 4.88. The number of nitrogens with two attached hydrogens (primary N) is 1. The van der Waals surface area contributed by atoms with Gasteiger partial charge in [0.2, 0.25) is 5.91 Å². The molecule has 138 valence electrons. The Morgan fingerprint density at radius 1 is 1.04 bits per heavy atom. The maximum Gasteiger partial charge on any atom is 0.226 e. The minimum absolute atomic E-state index is 0.00775. The highest BCUT2D eigenvalue weighted by atomic mass is 16.2. The lowest BCUT2D eigenvalue weighted by atomic mass is 9.85. The van der Waals surface area contributed by atoms with Crippen molar-refractivity contribution >= 4 is 5.91 Å². The molecule has 1 fully saturated rings. The molecule has 0 aliphatic heterocycles. The summed E-state index contributed by atoms with van der Waals surface area (Å²) < 4.78 is 0. The lowest BCUT2D eigenvalue weighted by Crippen LogP contribution is -2.40. The summed E-state index contributed by atoms with van der Waals surface area (Å²) in [5.74, 6) is 0.181. The molecule has 2 heterocycles. The van der Waals surface area contributed by atoms with Crippen molar-refractivity contribution in [1.82, 2.24) is 14.9 Å². The molecular formula is C21H28N4O. The van der Waals surface area contributed by atoms with Gasteiger partial charge in [-0.3, -0.25) is 14.8 Å². The molecule has 0 spiro atoms. The zero-order chi connectivity index (χ0) is 18.5. The molecule has 0 aromatic carbocycles. The third-order valence-corrected chi connectivity index (χ3v) is 4.97. The second kappa shape index (κ2) is 8.41. The van der Waals surface area contributed by atoms with Gasteiger partial charge in [0.25, 0.3) is 0 Å². The lowest BCUT2D eigenvalue weighted by Gasteiger charge is -2.31. The molecule has 2 N–H and O–H groups in total. The van der Waals surface area contributed by atoms with Crippen LogP contribution in [0.15, 0.2) is 36.4 Å². The van der Waals surface area contributed by atoms with Crippen LogP contribution in [0.25, 0.3) is 0 Å². The van der Waals surface area contributed by atoms with Crippen LogP contribution >= 0.6 is 0 Å². The van der Waals surface area contributed by atoms with E-state index in [0.717, 1.165) is 48.5 Å². The topological polar surface area (TPSA) is 72.1 Å². The Kier molecular flexibility index (Phi) is 5.99. The van der Waals surface area contributed by atoms with E-state index in [1.807, 2.05) is 55.1 Å². The van der Waals surface area contributed by atoms with Crippen molar-refractivity contribution in [2.75, 3.05) is 0 Å². The van der Waals surface area contributed by atoms with E-state index in [1.165, 1.54) is 0 Å². The number of hydrogen-bond acceptors (Lipinski definition) is 4. The van der Waals surface area contributed by atoms with Gasteiger partial charge >= 0.3 is 0 Å². The molecule has 26 heavy (non-hydrogen) atoms. The number of nitrogens with zero attached hydrogens (tertiary/aromatic N) is 3. The lowest BCUT2D eigenvalue weighted by molar-refractivity contribution is -0.138. The van der Waals surface area contributed by atoms with E-state index in [9.17, 15) is 4.79 Å². The molecule has 1 aliphatic carbocycles. The molecule has 1 amide bonds. The smallest absolute Gasteiger partial charge is 0.226 e. The van der Waals surface area contributed by atoms with Crippen molar-refractivity contribution in [3.05, 3.63) is 59.2 Å². The first-order valence-electron chi connectivity index (χ1n) is 9.40. The Balaban J connectivity index is 1.81. The van der Waals surface area contributed by atoms with E-state index in [-0.39, 0.29) is 17.9 Å². The highest BCUT2D eigenvalue weighted by Crippen LogP contribution is 2.26. The Labute approximate surface area is 155 Å². The fraction of sp³-hybridized carbons (Fsp3) is 0.476. The minimum Gasteiger partial charge on any atom is -0.331 e. The van der Waals surface area contributed by atoms with Gasteiger partial charge in [0.1, 0.15) is 0 Å². The van der Waals surface area contributed by atoms with Crippen LogP contribution in [0.2, 0.25) is 0 Å². The molecule has 1 saturated carbocycles. The molecule has 3 rings (SSSR count). The highest BCUT2D eigenvalue weighted by Gasteiger charge is 2.29. The number of amides is 1. The summed E-state index contributed by atoms with van der Waals surface area (Å²) in [6.07, 6.45) is 3.74. The second-order valence-electron chi connectivity index (χ2n) is 7.36. The van der Waals surface area contributed by atoms with Crippen LogP contribution in [0.4, 0.5) is 0 Å². The maximum absolute atomic E-state index is 13.2. The average Bonchev–Trinajstić information content (AvgIpc) is 2.61. The first-order valence-corrected chi connectivity index (χ1v) is 9.40. The second-order valence-corrected chi connectivity index (χ2v) is 7.36. The summed E-state index contributed by atoms with van der Waals surface area (Å²) in [7, 11) is 0. The molecule has 5 nitrogen and oxygen atoms in total. The summed E-state index contributed by atoms with van der Waals surface area (Å²) in [6, 6.07) is 12.0. The standard InChI is InChI=1S/C21H28N4O/c1-15-6-3-10-19(23-15)13-25(14-20-11-4-7-16(2)24-20)21(26)17-8-5-9-18(22)12-17/h3-4,6-7,10-11,17-18H,5,8-9,12-14,22H2,1-2H3. The SMILES string of the molecule is Cc1cccc(CN(Cc2cccc(C)n2)C(=O)C2CCCC(N)C2)n1. The van der Waals surface area contributed by atoms with Gasteiger partial charge in [0.05, 0.1) is 24.5 Å². The normalized spacial score (nSPS) is 20.0. The molecular weight excluding hydrogens is 324 g/mol. The van der Waals surface area contributed by atoms with Crippen molar-refractivity contribution in [3.63, 3.8) is 0 Å². The summed E-state index contributed by atoms with van der Waals surface area (Å²) >= 11 is 0.